The van der Waals surface area contributed by atoms with E-state index in [1.807, 2.05) is 0 Å². The van der Waals surface area contributed by atoms with Crippen LogP contribution in [0.5, 0.6) is 0 Å². The van der Waals surface area contributed by atoms with E-state index in [-0.39, 0.29) is 28.9 Å². The van der Waals surface area contributed by atoms with Gasteiger partial charge in [0, 0.05) is 24.5 Å². The molecule has 0 saturated heterocycles. The van der Waals surface area contributed by atoms with Crippen LogP contribution in [0, 0.1) is 0 Å². The Balaban J connectivity index is 1.59. The Morgan fingerprint density at radius 3 is 2.10 bits per heavy atom. The molecule has 2 aromatic carbocycles. The molecule has 8 nitrogen and oxygen atoms in total. The lowest BCUT2D eigenvalue weighted by Gasteiger charge is -2.09. The molecule has 0 atom stereocenters. The normalized spacial score (nSPS) is 10.8. The number of pyridine rings is 1. The topological polar surface area (TPSA) is 117 Å². The molecule has 3 rings (SSSR count). The van der Waals surface area contributed by atoms with Gasteiger partial charge in [-0.25, -0.2) is 13.4 Å². The second-order valence-electron chi connectivity index (χ2n) is 6.45. The Bertz CT molecular complexity index is 1130. The highest BCUT2D eigenvalue weighted by Gasteiger charge is 2.15. The number of benzene rings is 2. The third kappa shape index (κ3) is 5.89. The van der Waals surface area contributed by atoms with E-state index in [1.54, 1.807) is 42.5 Å². The number of carbonyl (C=O) groups is 2. The molecule has 9 heteroatoms. The van der Waals surface area contributed by atoms with Gasteiger partial charge in [-0.15, -0.1) is 0 Å². The minimum atomic E-state index is -3.78. The van der Waals surface area contributed by atoms with Crippen LogP contribution in [0.2, 0.25) is 0 Å². The van der Waals surface area contributed by atoms with Gasteiger partial charge < -0.3 is 10.6 Å². The van der Waals surface area contributed by atoms with Gasteiger partial charge in [-0.1, -0.05) is 18.2 Å². The molecule has 0 aliphatic rings. The van der Waals surface area contributed by atoms with Gasteiger partial charge in [0.15, 0.2) is 0 Å². The molecule has 0 unspecified atom stereocenters. The van der Waals surface area contributed by atoms with Crippen molar-refractivity contribution in [2.45, 2.75) is 18.2 Å². The predicted octanol–water partition coefficient (Wildman–Crippen LogP) is 3.02. The third-order valence-corrected chi connectivity index (χ3v) is 5.36. The monoisotopic (exact) mass is 424 g/mol. The van der Waals surface area contributed by atoms with E-state index >= 15 is 0 Å². The second kappa shape index (κ2) is 9.19. The number of anilines is 3. The lowest BCUT2D eigenvalue weighted by Crippen LogP contribution is -2.16. The van der Waals surface area contributed by atoms with E-state index in [1.165, 1.54) is 37.4 Å². The molecule has 1 heterocycles. The zero-order valence-corrected chi connectivity index (χ0v) is 16.9. The van der Waals surface area contributed by atoms with E-state index in [0.29, 0.717) is 11.4 Å². The number of rotatable bonds is 7. The average Bonchev–Trinajstić information content (AvgIpc) is 2.70. The summed E-state index contributed by atoms with van der Waals surface area (Å²) in [5.74, 6) is -0.190. The highest BCUT2D eigenvalue weighted by atomic mass is 32.2. The fourth-order valence-corrected chi connectivity index (χ4v) is 3.65. The molecule has 0 spiro atoms. The highest BCUT2D eigenvalue weighted by Crippen LogP contribution is 2.17. The first-order valence-electron chi connectivity index (χ1n) is 9.02. The van der Waals surface area contributed by atoms with Gasteiger partial charge in [-0.05, 0) is 54.1 Å². The molecule has 0 fully saturated rings. The van der Waals surface area contributed by atoms with E-state index < -0.39 is 10.0 Å². The predicted molar refractivity (Wildman–Crippen MR) is 115 cm³/mol. The van der Waals surface area contributed by atoms with Crippen LogP contribution in [0.3, 0.4) is 0 Å². The van der Waals surface area contributed by atoms with Crippen LogP contribution in [0.25, 0.3) is 0 Å². The van der Waals surface area contributed by atoms with Crippen LogP contribution < -0.4 is 15.4 Å². The zero-order valence-electron chi connectivity index (χ0n) is 16.1. The van der Waals surface area contributed by atoms with Crippen LogP contribution in [0.15, 0.2) is 77.8 Å². The van der Waals surface area contributed by atoms with Crippen molar-refractivity contribution in [2.75, 3.05) is 15.4 Å². The number of nitrogens with zero attached hydrogens (tertiary/aromatic N) is 1. The van der Waals surface area contributed by atoms with Crippen LogP contribution in [-0.2, 0) is 26.0 Å². The smallest absolute Gasteiger partial charge is 0.263 e. The van der Waals surface area contributed by atoms with Crippen molar-refractivity contribution in [1.82, 2.24) is 4.98 Å². The Morgan fingerprint density at radius 2 is 1.50 bits per heavy atom. The maximum atomic E-state index is 12.4. The van der Waals surface area contributed by atoms with Crippen molar-refractivity contribution in [3.05, 3.63) is 78.5 Å². The molecular formula is C21H20N4O4S. The summed E-state index contributed by atoms with van der Waals surface area (Å²) in [6.45, 7) is 1.42. The van der Waals surface area contributed by atoms with E-state index in [2.05, 4.69) is 20.3 Å². The first-order chi connectivity index (χ1) is 14.3. The second-order valence-corrected chi connectivity index (χ2v) is 8.13. The summed E-state index contributed by atoms with van der Waals surface area (Å²) < 4.78 is 27.2. The summed E-state index contributed by atoms with van der Waals surface area (Å²) in [5, 5.41) is 5.39. The standard InChI is InChI=1S/C21H20N4O4S/c1-15(26)23-17-7-5-16(6-8-17)14-21(27)24-18-9-11-19(12-10-18)30(28,29)25-20-4-2-3-13-22-20/h2-13H,14H2,1H3,(H,22,25)(H,23,26)(H,24,27). The van der Waals surface area contributed by atoms with E-state index in [4.69, 9.17) is 0 Å². The molecule has 1 aromatic heterocycles. The lowest BCUT2D eigenvalue weighted by molar-refractivity contribution is -0.116. The largest absolute Gasteiger partial charge is 0.326 e. The Labute approximate surface area is 174 Å². The van der Waals surface area contributed by atoms with Crippen LogP contribution in [0.4, 0.5) is 17.2 Å². The molecule has 30 heavy (non-hydrogen) atoms. The molecule has 0 aliphatic heterocycles. The molecule has 0 saturated carbocycles. The van der Waals surface area contributed by atoms with Gasteiger partial charge in [-0.3, -0.25) is 14.3 Å². The summed E-state index contributed by atoms with van der Waals surface area (Å²) in [6, 6.07) is 17.7. The number of hydrogen-bond donors (Lipinski definition) is 3. The average molecular weight is 424 g/mol. The van der Waals surface area contributed by atoms with Crippen LogP contribution >= 0.6 is 0 Å². The molecule has 3 N–H and O–H groups in total. The number of sulfonamides is 1. The summed E-state index contributed by atoms with van der Waals surface area (Å²) in [6.07, 6.45) is 1.63. The number of hydrogen-bond acceptors (Lipinski definition) is 5. The van der Waals surface area contributed by atoms with Gasteiger partial charge in [0.1, 0.15) is 5.82 Å². The first kappa shape index (κ1) is 21.0. The molecule has 0 aliphatic carbocycles. The quantitative estimate of drug-likeness (QED) is 0.539. The number of nitrogens with one attached hydrogen (secondary N) is 3. The van der Waals surface area contributed by atoms with E-state index in [0.717, 1.165) is 5.56 Å². The minimum absolute atomic E-state index is 0.0553. The molecular weight excluding hydrogens is 404 g/mol. The molecule has 0 radical (unpaired) electrons. The summed E-state index contributed by atoms with van der Waals surface area (Å²) in [4.78, 5) is 27.3. The number of carbonyl (C=O) groups excluding carboxylic acids is 2. The van der Waals surface area contributed by atoms with E-state index in [9.17, 15) is 18.0 Å². The molecule has 3 aromatic rings. The Kier molecular flexibility index (Phi) is 6.43. The maximum Gasteiger partial charge on any atom is 0.263 e. The van der Waals surface area contributed by atoms with Gasteiger partial charge in [-0.2, -0.15) is 0 Å². The third-order valence-electron chi connectivity index (χ3n) is 3.99. The van der Waals surface area contributed by atoms with Crippen LogP contribution in [0.1, 0.15) is 12.5 Å². The highest BCUT2D eigenvalue weighted by molar-refractivity contribution is 7.92. The zero-order chi connectivity index (χ0) is 21.6. The van der Waals surface area contributed by atoms with Gasteiger partial charge in [0.2, 0.25) is 11.8 Å². The maximum absolute atomic E-state index is 12.4. The van der Waals surface area contributed by atoms with Crippen molar-refractivity contribution < 1.29 is 18.0 Å². The Hall–Kier alpha value is -3.72. The minimum Gasteiger partial charge on any atom is -0.326 e. The molecule has 154 valence electrons. The van der Waals surface area contributed by atoms with Gasteiger partial charge >= 0.3 is 0 Å². The first-order valence-corrected chi connectivity index (χ1v) is 10.5. The SMILES string of the molecule is CC(=O)Nc1ccc(CC(=O)Nc2ccc(S(=O)(=O)Nc3ccccn3)cc2)cc1. The van der Waals surface area contributed by atoms with Crippen molar-refractivity contribution in [1.29, 1.82) is 0 Å². The number of aromatic nitrogens is 1. The van der Waals surface area contributed by atoms with Gasteiger partial charge in [0.25, 0.3) is 10.0 Å². The van der Waals surface area contributed by atoms with Crippen molar-refractivity contribution in [3.8, 4) is 0 Å². The van der Waals surface area contributed by atoms with Crippen molar-refractivity contribution >= 4 is 39.0 Å². The van der Waals surface area contributed by atoms with Gasteiger partial charge in [0.05, 0.1) is 11.3 Å². The number of amides is 2. The molecule has 2 amide bonds. The van der Waals surface area contributed by atoms with Crippen molar-refractivity contribution in [3.63, 3.8) is 0 Å². The van der Waals surface area contributed by atoms with Crippen molar-refractivity contribution in [2.24, 2.45) is 0 Å². The lowest BCUT2D eigenvalue weighted by atomic mass is 10.1. The summed E-state index contributed by atoms with van der Waals surface area (Å²) >= 11 is 0. The fraction of sp³-hybridized carbons (Fsp3) is 0.0952. The Morgan fingerprint density at radius 1 is 0.867 bits per heavy atom. The summed E-state index contributed by atoms with van der Waals surface area (Å²) in [5.41, 5.74) is 1.91. The van der Waals surface area contributed by atoms with Crippen LogP contribution in [-0.4, -0.2) is 25.2 Å². The summed E-state index contributed by atoms with van der Waals surface area (Å²) in [7, 11) is -3.78. The molecule has 0 bridgehead atoms. The fourth-order valence-electron chi connectivity index (χ4n) is 2.64.